The molecular weight excluding hydrogens is 232 g/mol. The molecule has 0 saturated carbocycles. The standard InChI is InChI=1S/C13H24N2O3/c1-9(2)8-18-13(17)11-6-5-7-15(14-11)12(16)10(3)4/h9-11,14H,5-8H2,1-4H3. The van der Waals surface area contributed by atoms with Gasteiger partial charge in [0.25, 0.3) is 0 Å². The summed E-state index contributed by atoms with van der Waals surface area (Å²) in [4.78, 5) is 23.7. The van der Waals surface area contributed by atoms with Crippen molar-refractivity contribution in [3.05, 3.63) is 0 Å². The Balaban J connectivity index is 2.48. The smallest absolute Gasteiger partial charge is 0.324 e. The Labute approximate surface area is 109 Å². The van der Waals surface area contributed by atoms with E-state index in [1.165, 1.54) is 0 Å². The predicted molar refractivity (Wildman–Crippen MR) is 68.5 cm³/mol. The Bertz CT molecular complexity index is 303. The minimum atomic E-state index is -0.389. The first kappa shape index (κ1) is 15.0. The van der Waals surface area contributed by atoms with Gasteiger partial charge in [-0.15, -0.1) is 0 Å². The molecule has 0 bridgehead atoms. The van der Waals surface area contributed by atoms with E-state index >= 15 is 0 Å². The third-order valence-corrected chi connectivity index (χ3v) is 2.79. The van der Waals surface area contributed by atoms with Crippen LogP contribution in [0.25, 0.3) is 0 Å². The lowest BCUT2D eigenvalue weighted by Crippen LogP contribution is -2.56. The van der Waals surface area contributed by atoms with Gasteiger partial charge in [0.1, 0.15) is 6.04 Å². The number of amides is 1. The van der Waals surface area contributed by atoms with Crippen LogP contribution in [-0.2, 0) is 14.3 Å². The Kier molecular flexibility index (Phi) is 5.59. The second-order valence-electron chi connectivity index (χ2n) is 5.49. The summed E-state index contributed by atoms with van der Waals surface area (Å²) in [5.41, 5.74) is 2.97. The second-order valence-corrected chi connectivity index (χ2v) is 5.49. The third kappa shape index (κ3) is 4.29. The maximum Gasteiger partial charge on any atom is 0.324 e. The van der Waals surface area contributed by atoms with Crippen molar-refractivity contribution in [3.8, 4) is 0 Å². The van der Waals surface area contributed by atoms with E-state index in [9.17, 15) is 9.59 Å². The van der Waals surface area contributed by atoms with Crippen LogP contribution in [0.4, 0.5) is 0 Å². The highest BCUT2D eigenvalue weighted by molar-refractivity contribution is 5.80. The van der Waals surface area contributed by atoms with E-state index < -0.39 is 0 Å². The summed E-state index contributed by atoms with van der Waals surface area (Å²) in [5.74, 6) is 0.0233. The number of rotatable bonds is 4. The van der Waals surface area contributed by atoms with E-state index in [4.69, 9.17) is 4.74 Å². The number of hydrogen-bond acceptors (Lipinski definition) is 4. The molecule has 1 saturated heterocycles. The van der Waals surface area contributed by atoms with E-state index in [1.807, 2.05) is 27.7 Å². The van der Waals surface area contributed by atoms with Crippen LogP contribution in [0.5, 0.6) is 0 Å². The monoisotopic (exact) mass is 256 g/mol. The van der Waals surface area contributed by atoms with Crippen LogP contribution in [-0.4, -0.2) is 36.1 Å². The summed E-state index contributed by atoms with van der Waals surface area (Å²) in [5, 5.41) is 1.55. The van der Waals surface area contributed by atoms with Crippen LogP contribution in [0.3, 0.4) is 0 Å². The van der Waals surface area contributed by atoms with E-state index in [0.29, 0.717) is 19.1 Å². The molecule has 1 atom stereocenters. The molecule has 104 valence electrons. The van der Waals surface area contributed by atoms with Crippen LogP contribution >= 0.6 is 0 Å². The molecule has 0 aromatic carbocycles. The SMILES string of the molecule is CC(C)COC(=O)C1CCCN(C(=O)C(C)C)N1. The fourth-order valence-electron chi connectivity index (χ4n) is 1.78. The fourth-order valence-corrected chi connectivity index (χ4v) is 1.78. The lowest BCUT2D eigenvalue weighted by molar-refractivity contribution is -0.153. The van der Waals surface area contributed by atoms with Crippen molar-refractivity contribution in [2.75, 3.05) is 13.2 Å². The molecule has 1 unspecified atom stereocenters. The first-order valence-electron chi connectivity index (χ1n) is 6.66. The molecule has 5 heteroatoms. The van der Waals surface area contributed by atoms with Crippen molar-refractivity contribution < 1.29 is 14.3 Å². The normalized spacial score (nSPS) is 20.3. The molecule has 1 amide bonds. The zero-order chi connectivity index (χ0) is 13.7. The summed E-state index contributed by atoms with van der Waals surface area (Å²) in [6.45, 7) is 8.78. The van der Waals surface area contributed by atoms with Gasteiger partial charge in [-0.2, -0.15) is 0 Å². The average Bonchev–Trinajstić information content (AvgIpc) is 2.34. The first-order valence-corrected chi connectivity index (χ1v) is 6.66. The topological polar surface area (TPSA) is 58.6 Å². The van der Waals surface area contributed by atoms with Gasteiger partial charge in [-0.1, -0.05) is 27.7 Å². The van der Waals surface area contributed by atoms with Crippen molar-refractivity contribution in [3.63, 3.8) is 0 Å². The van der Waals surface area contributed by atoms with Crippen molar-refractivity contribution in [2.45, 2.75) is 46.6 Å². The lowest BCUT2D eigenvalue weighted by Gasteiger charge is -2.33. The number of carbonyl (C=O) groups is 2. The van der Waals surface area contributed by atoms with Gasteiger partial charge >= 0.3 is 5.97 Å². The van der Waals surface area contributed by atoms with Crippen LogP contribution < -0.4 is 5.43 Å². The van der Waals surface area contributed by atoms with Gasteiger partial charge in [0.05, 0.1) is 6.61 Å². The van der Waals surface area contributed by atoms with Gasteiger partial charge < -0.3 is 4.74 Å². The van der Waals surface area contributed by atoms with Crippen LogP contribution in [0.1, 0.15) is 40.5 Å². The minimum absolute atomic E-state index is 0.0244. The van der Waals surface area contributed by atoms with Gasteiger partial charge in [-0.3, -0.25) is 14.6 Å². The number of esters is 1. The number of nitrogens with one attached hydrogen (secondary N) is 1. The summed E-state index contributed by atoms with van der Waals surface area (Å²) in [6, 6.07) is -0.389. The number of hydrogen-bond donors (Lipinski definition) is 1. The molecular formula is C13H24N2O3. The van der Waals surface area contributed by atoms with Crippen molar-refractivity contribution in [2.24, 2.45) is 11.8 Å². The molecule has 18 heavy (non-hydrogen) atoms. The number of hydrazine groups is 1. The maximum atomic E-state index is 11.8. The van der Waals surface area contributed by atoms with Crippen molar-refractivity contribution >= 4 is 11.9 Å². The van der Waals surface area contributed by atoms with Crippen molar-refractivity contribution in [1.82, 2.24) is 10.4 Å². The Morgan fingerprint density at radius 3 is 2.56 bits per heavy atom. The molecule has 1 aliphatic heterocycles. The van der Waals surface area contributed by atoms with Gasteiger partial charge in [-0.25, -0.2) is 5.43 Å². The minimum Gasteiger partial charge on any atom is -0.464 e. The summed E-state index contributed by atoms with van der Waals surface area (Å²) in [6.07, 6.45) is 1.55. The van der Waals surface area contributed by atoms with E-state index in [1.54, 1.807) is 5.01 Å². The third-order valence-electron chi connectivity index (χ3n) is 2.79. The van der Waals surface area contributed by atoms with E-state index in [2.05, 4.69) is 5.43 Å². The number of nitrogens with zero attached hydrogens (tertiary/aromatic N) is 1. The van der Waals surface area contributed by atoms with Gasteiger partial charge in [0.15, 0.2) is 0 Å². The Morgan fingerprint density at radius 1 is 1.33 bits per heavy atom. The highest BCUT2D eigenvalue weighted by atomic mass is 16.5. The molecule has 0 radical (unpaired) electrons. The zero-order valence-corrected chi connectivity index (χ0v) is 11.7. The highest BCUT2D eigenvalue weighted by Gasteiger charge is 2.29. The summed E-state index contributed by atoms with van der Waals surface area (Å²) >= 11 is 0. The predicted octanol–water partition coefficient (Wildman–Crippen LogP) is 1.34. The number of ether oxygens (including phenoxy) is 1. The molecule has 0 aromatic rings. The number of carbonyl (C=O) groups excluding carboxylic acids is 2. The van der Waals surface area contributed by atoms with E-state index in [0.717, 1.165) is 12.8 Å². The van der Waals surface area contributed by atoms with Gasteiger partial charge in [0, 0.05) is 12.5 Å². The average molecular weight is 256 g/mol. The summed E-state index contributed by atoms with van der Waals surface area (Å²) < 4.78 is 5.19. The fraction of sp³-hybridized carbons (Fsp3) is 0.846. The van der Waals surface area contributed by atoms with Gasteiger partial charge in [-0.05, 0) is 18.8 Å². The molecule has 0 aromatic heterocycles. The largest absolute Gasteiger partial charge is 0.464 e. The Morgan fingerprint density at radius 2 is 2.00 bits per heavy atom. The van der Waals surface area contributed by atoms with Crippen LogP contribution in [0, 0.1) is 11.8 Å². The lowest BCUT2D eigenvalue weighted by atomic mass is 10.1. The first-order chi connectivity index (χ1) is 8.41. The molecule has 1 rings (SSSR count). The molecule has 0 spiro atoms. The highest BCUT2D eigenvalue weighted by Crippen LogP contribution is 2.12. The van der Waals surface area contributed by atoms with Crippen LogP contribution in [0.2, 0.25) is 0 Å². The summed E-state index contributed by atoms with van der Waals surface area (Å²) in [7, 11) is 0. The molecule has 1 N–H and O–H groups in total. The Hall–Kier alpha value is -1.10. The van der Waals surface area contributed by atoms with E-state index in [-0.39, 0.29) is 23.8 Å². The molecule has 0 aliphatic carbocycles. The molecule has 1 aliphatic rings. The second kappa shape index (κ2) is 6.73. The maximum absolute atomic E-state index is 11.8. The molecule has 5 nitrogen and oxygen atoms in total. The molecule has 1 fully saturated rings. The molecule has 1 heterocycles. The quantitative estimate of drug-likeness (QED) is 0.771. The zero-order valence-electron chi connectivity index (χ0n) is 11.7. The van der Waals surface area contributed by atoms with Gasteiger partial charge in [0.2, 0.25) is 5.91 Å². The van der Waals surface area contributed by atoms with Crippen LogP contribution in [0.15, 0.2) is 0 Å². The van der Waals surface area contributed by atoms with Crippen molar-refractivity contribution in [1.29, 1.82) is 0 Å².